The molecule has 1 aliphatic heterocycles. The van der Waals surface area contributed by atoms with Crippen LogP contribution in [0.4, 0.5) is 4.39 Å². The lowest BCUT2D eigenvalue weighted by Gasteiger charge is -2.32. The van der Waals surface area contributed by atoms with E-state index in [0.29, 0.717) is 0 Å². The molecule has 0 saturated carbocycles. The highest BCUT2D eigenvalue weighted by Crippen LogP contribution is 2.19. The van der Waals surface area contributed by atoms with Crippen LogP contribution in [0.5, 0.6) is 0 Å². The Labute approximate surface area is 108 Å². The number of halogens is 3. The summed E-state index contributed by atoms with van der Waals surface area (Å²) in [7, 11) is 0. The Bertz CT molecular complexity index is 263. The molecule has 6 heteroatoms. The third-order valence-corrected chi connectivity index (χ3v) is 2.72. The minimum absolute atomic E-state index is 0. The average molecular weight is 270 g/mol. The van der Waals surface area contributed by atoms with E-state index in [1.165, 1.54) is 0 Å². The monoisotopic (exact) mass is 269 g/mol. The summed E-state index contributed by atoms with van der Waals surface area (Å²) < 4.78 is 12.9. The van der Waals surface area contributed by atoms with E-state index >= 15 is 0 Å². The van der Waals surface area contributed by atoms with Crippen molar-refractivity contribution in [3.8, 4) is 0 Å². The van der Waals surface area contributed by atoms with Gasteiger partial charge in [0.1, 0.15) is 6.67 Å². The fourth-order valence-corrected chi connectivity index (χ4v) is 1.92. The molecule has 1 aliphatic rings. The Kier molecular flexibility index (Phi) is 7.76. The highest BCUT2D eigenvalue weighted by atomic mass is 35.5. The topological polar surface area (TPSA) is 31.1 Å². The summed E-state index contributed by atoms with van der Waals surface area (Å²) >= 11 is 0. The van der Waals surface area contributed by atoms with Gasteiger partial charge in [-0.05, 0) is 12.1 Å². The van der Waals surface area contributed by atoms with E-state index < -0.39 is 0 Å². The smallest absolute Gasteiger partial charge is 0.111 e. The number of piperazine rings is 1. The van der Waals surface area contributed by atoms with Crippen molar-refractivity contribution in [1.82, 2.24) is 15.2 Å². The van der Waals surface area contributed by atoms with E-state index in [0.717, 1.165) is 31.9 Å². The predicted molar refractivity (Wildman–Crippen MR) is 68.4 cm³/mol. The van der Waals surface area contributed by atoms with Crippen molar-refractivity contribution in [2.45, 2.75) is 6.04 Å². The van der Waals surface area contributed by atoms with Gasteiger partial charge in [0.25, 0.3) is 0 Å². The first-order valence-corrected chi connectivity index (χ1v) is 5.06. The van der Waals surface area contributed by atoms with Crippen LogP contribution in [0.1, 0.15) is 11.7 Å². The van der Waals surface area contributed by atoms with Crippen molar-refractivity contribution in [1.29, 1.82) is 0 Å². The van der Waals surface area contributed by atoms with Gasteiger partial charge in [-0.3, -0.25) is 4.90 Å². The molecule has 1 saturated heterocycles. The molecule has 0 amide bonds. The Morgan fingerprint density at radius 3 is 2.50 bits per heavy atom. The maximum absolute atomic E-state index is 12.9. The maximum Gasteiger partial charge on any atom is 0.111 e. The second-order valence-electron chi connectivity index (χ2n) is 3.58. The highest BCUT2D eigenvalue weighted by molar-refractivity contribution is 5.85. The van der Waals surface area contributed by atoms with Crippen LogP contribution in [0.3, 0.4) is 0 Å². The number of alkyl halides is 1. The molecular weight excluding hydrogens is 252 g/mol. The van der Waals surface area contributed by atoms with Crippen LogP contribution in [0.25, 0.3) is 0 Å². The van der Waals surface area contributed by atoms with Gasteiger partial charge in [-0.25, -0.2) is 4.39 Å². The molecule has 0 unspecified atom stereocenters. The zero-order chi connectivity index (χ0) is 9.80. The number of aromatic amines is 1. The SMILES string of the molecule is Cl.Cl.FC[C@H](c1ccc[nH]1)N1CCNCC1. The molecule has 0 aliphatic carbocycles. The van der Waals surface area contributed by atoms with Crippen LogP contribution in [0, 0.1) is 0 Å². The van der Waals surface area contributed by atoms with Crippen molar-refractivity contribution in [3.05, 3.63) is 24.0 Å². The first-order chi connectivity index (χ1) is 6.92. The van der Waals surface area contributed by atoms with Gasteiger partial charge in [0.2, 0.25) is 0 Å². The molecular formula is C10H18Cl2FN3. The number of hydrogen-bond acceptors (Lipinski definition) is 2. The highest BCUT2D eigenvalue weighted by Gasteiger charge is 2.22. The Morgan fingerprint density at radius 1 is 1.31 bits per heavy atom. The normalized spacial score (nSPS) is 18.3. The molecule has 0 bridgehead atoms. The average Bonchev–Trinajstić information content (AvgIpc) is 2.74. The Morgan fingerprint density at radius 2 is 2.00 bits per heavy atom. The summed E-state index contributed by atoms with van der Waals surface area (Å²) in [4.78, 5) is 5.27. The van der Waals surface area contributed by atoms with E-state index in [2.05, 4.69) is 15.2 Å². The molecule has 0 radical (unpaired) electrons. The summed E-state index contributed by atoms with van der Waals surface area (Å²) in [5.74, 6) is 0. The first kappa shape index (κ1) is 15.7. The molecule has 16 heavy (non-hydrogen) atoms. The van der Waals surface area contributed by atoms with Gasteiger partial charge < -0.3 is 10.3 Å². The second kappa shape index (κ2) is 7.90. The van der Waals surface area contributed by atoms with Gasteiger partial charge in [-0.2, -0.15) is 0 Å². The molecule has 0 spiro atoms. The summed E-state index contributed by atoms with van der Waals surface area (Å²) in [6, 6.07) is 3.78. The van der Waals surface area contributed by atoms with Crippen LogP contribution < -0.4 is 5.32 Å². The van der Waals surface area contributed by atoms with Gasteiger partial charge >= 0.3 is 0 Å². The molecule has 2 N–H and O–H groups in total. The van der Waals surface area contributed by atoms with Crippen LogP contribution >= 0.6 is 24.8 Å². The lowest BCUT2D eigenvalue weighted by atomic mass is 10.2. The summed E-state index contributed by atoms with van der Waals surface area (Å²) in [6.45, 7) is 3.44. The zero-order valence-electron chi connectivity index (χ0n) is 8.99. The van der Waals surface area contributed by atoms with E-state index in [9.17, 15) is 4.39 Å². The van der Waals surface area contributed by atoms with Crippen molar-refractivity contribution in [2.24, 2.45) is 0 Å². The van der Waals surface area contributed by atoms with Crippen molar-refractivity contribution in [3.63, 3.8) is 0 Å². The van der Waals surface area contributed by atoms with Crippen LogP contribution in [-0.2, 0) is 0 Å². The first-order valence-electron chi connectivity index (χ1n) is 5.06. The third kappa shape index (κ3) is 3.63. The number of nitrogens with one attached hydrogen (secondary N) is 2. The Balaban J connectivity index is 0.00000112. The van der Waals surface area contributed by atoms with Gasteiger partial charge in [-0.15, -0.1) is 24.8 Å². The number of rotatable bonds is 3. The fourth-order valence-electron chi connectivity index (χ4n) is 1.92. The third-order valence-electron chi connectivity index (χ3n) is 2.72. The zero-order valence-corrected chi connectivity index (χ0v) is 10.6. The summed E-state index contributed by atoms with van der Waals surface area (Å²) in [6.07, 6.45) is 1.85. The Hall–Kier alpha value is -0.290. The molecule has 3 nitrogen and oxygen atoms in total. The van der Waals surface area contributed by atoms with Crippen molar-refractivity contribution >= 4 is 24.8 Å². The largest absolute Gasteiger partial charge is 0.364 e. The minimum atomic E-state index is -0.319. The van der Waals surface area contributed by atoms with E-state index in [1.807, 2.05) is 18.3 Å². The van der Waals surface area contributed by atoms with Crippen molar-refractivity contribution in [2.75, 3.05) is 32.9 Å². The number of hydrogen-bond donors (Lipinski definition) is 2. The standard InChI is InChI=1S/C10H16FN3.2ClH/c11-8-10(9-2-1-3-13-9)14-6-4-12-5-7-14;;/h1-3,10,12-13H,4-8H2;2*1H/t10-;;/m1../s1. The van der Waals surface area contributed by atoms with Crippen molar-refractivity contribution < 1.29 is 4.39 Å². The molecule has 94 valence electrons. The predicted octanol–water partition coefficient (Wildman–Crippen LogP) is 1.77. The van der Waals surface area contributed by atoms with Gasteiger partial charge in [-0.1, -0.05) is 0 Å². The van der Waals surface area contributed by atoms with E-state index in [4.69, 9.17) is 0 Å². The molecule has 2 rings (SSSR count). The van der Waals surface area contributed by atoms with Crippen LogP contribution in [0.2, 0.25) is 0 Å². The lowest BCUT2D eigenvalue weighted by Crippen LogP contribution is -2.45. The van der Waals surface area contributed by atoms with Gasteiger partial charge in [0, 0.05) is 38.1 Å². The summed E-state index contributed by atoms with van der Waals surface area (Å²) in [5.41, 5.74) is 0.981. The number of H-pyrrole nitrogens is 1. The molecule has 1 fully saturated rings. The van der Waals surface area contributed by atoms with Gasteiger partial charge in [0.05, 0.1) is 6.04 Å². The lowest BCUT2D eigenvalue weighted by molar-refractivity contribution is 0.145. The van der Waals surface area contributed by atoms with Crippen LogP contribution in [0.15, 0.2) is 18.3 Å². The minimum Gasteiger partial charge on any atom is -0.364 e. The fraction of sp³-hybridized carbons (Fsp3) is 0.600. The van der Waals surface area contributed by atoms with E-state index in [-0.39, 0.29) is 37.5 Å². The quantitative estimate of drug-likeness (QED) is 0.877. The van der Waals surface area contributed by atoms with Crippen LogP contribution in [-0.4, -0.2) is 42.7 Å². The van der Waals surface area contributed by atoms with E-state index in [1.54, 1.807) is 0 Å². The molecule has 0 aromatic carbocycles. The molecule has 1 aromatic heterocycles. The summed E-state index contributed by atoms with van der Waals surface area (Å²) in [5, 5.41) is 3.26. The molecule has 1 aromatic rings. The second-order valence-corrected chi connectivity index (χ2v) is 3.58. The number of aromatic nitrogens is 1. The number of nitrogens with zero attached hydrogens (tertiary/aromatic N) is 1. The molecule has 2 heterocycles. The maximum atomic E-state index is 12.9. The molecule has 1 atom stereocenters. The van der Waals surface area contributed by atoms with Gasteiger partial charge in [0.15, 0.2) is 0 Å².